The van der Waals surface area contributed by atoms with E-state index in [0.29, 0.717) is 35.9 Å². The predicted molar refractivity (Wildman–Crippen MR) is 155 cm³/mol. The average molecular weight is 585 g/mol. The van der Waals surface area contributed by atoms with Crippen molar-refractivity contribution in [1.29, 1.82) is 0 Å². The molecule has 1 saturated carbocycles. The molecule has 11 heteroatoms. The van der Waals surface area contributed by atoms with Crippen LogP contribution >= 0.6 is 0 Å². The molecule has 4 N–H and O–H groups in total. The number of rotatable bonds is 12. The zero-order valence-electron chi connectivity index (χ0n) is 23.3. The molecule has 2 atom stereocenters. The van der Waals surface area contributed by atoms with Crippen molar-refractivity contribution in [3.63, 3.8) is 0 Å². The van der Waals surface area contributed by atoms with Crippen molar-refractivity contribution in [2.24, 2.45) is 5.92 Å². The minimum Gasteiger partial charge on any atom is -0.451 e. The Balaban J connectivity index is 1.38. The summed E-state index contributed by atoms with van der Waals surface area (Å²) in [7, 11) is -2.16. The van der Waals surface area contributed by atoms with Gasteiger partial charge in [-0.15, -0.1) is 0 Å². The number of carbonyl (C=O) groups is 2. The van der Waals surface area contributed by atoms with Crippen molar-refractivity contribution < 1.29 is 26.8 Å². The number of carbonyl (C=O) groups excluding carboxylic acids is 2. The van der Waals surface area contributed by atoms with Gasteiger partial charge in [0.05, 0.1) is 4.90 Å². The SMILES string of the molecule is CNS(=O)(=O)c1ccc(NC[C@H](C)NC(=O)[C@H](CC2CCCCC2)NC(=O)c2ccc(-c3cccc(F)c3)o2)cc1. The van der Waals surface area contributed by atoms with E-state index in [2.05, 4.69) is 20.7 Å². The number of furan rings is 1. The van der Waals surface area contributed by atoms with Gasteiger partial charge in [-0.05, 0) is 74.8 Å². The molecule has 4 rings (SSSR count). The lowest BCUT2D eigenvalue weighted by atomic mass is 9.84. The summed E-state index contributed by atoms with van der Waals surface area (Å²) in [6.07, 6.45) is 5.95. The number of amides is 2. The number of sulfonamides is 1. The highest BCUT2D eigenvalue weighted by molar-refractivity contribution is 7.89. The van der Waals surface area contributed by atoms with Crippen molar-refractivity contribution in [2.45, 2.75) is 62.4 Å². The molecule has 1 aliphatic carbocycles. The van der Waals surface area contributed by atoms with Gasteiger partial charge >= 0.3 is 0 Å². The number of halogens is 1. The summed E-state index contributed by atoms with van der Waals surface area (Å²) < 4.78 is 45.5. The molecule has 0 radical (unpaired) electrons. The largest absolute Gasteiger partial charge is 0.451 e. The van der Waals surface area contributed by atoms with Crippen LogP contribution in [-0.4, -0.2) is 45.9 Å². The van der Waals surface area contributed by atoms with Crippen LogP contribution in [0.15, 0.2) is 70.0 Å². The number of hydrogen-bond donors (Lipinski definition) is 4. The van der Waals surface area contributed by atoms with Crippen LogP contribution in [0.4, 0.5) is 10.1 Å². The highest BCUT2D eigenvalue weighted by atomic mass is 32.2. The van der Waals surface area contributed by atoms with Crippen molar-refractivity contribution in [3.05, 3.63) is 72.2 Å². The van der Waals surface area contributed by atoms with E-state index in [1.807, 2.05) is 6.92 Å². The monoisotopic (exact) mass is 584 g/mol. The van der Waals surface area contributed by atoms with Crippen LogP contribution in [0.3, 0.4) is 0 Å². The van der Waals surface area contributed by atoms with E-state index in [1.54, 1.807) is 30.3 Å². The molecule has 0 bridgehead atoms. The zero-order chi connectivity index (χ0) is 29.4. The molecular formula is C30H37FN4O5S. The van der Waals surface area contributed by atoms with Crippen molar-refractivity contribution in [2.75, 3.05) is 18.9 Å². The minimum atomic E-state index is -3.52. The smallest absolute Gasteiger partial charge is 0.287 e. The highest BCUT2D eigenvalue weighted by Crippen LogP contribution is 2.28. The van der Waals surface area contributed by atoms with Gasteiger partial charge in [0.2, 0.25) is 15.9 Å². The third kappa shape index (κ3) is 8.40. The Morgan fingerprint density at radius 1 is 1.00 bits per heavy atom. The van der Waals surface area contributed by atoms with Gasteiger partial charge in [0.1, 0.15) is 17.6 Å². The fourth-order valence-corrected chi connectivity index (χ4v) is 5.74. The highest BCUT2D eigenvalue weighted by Gasteiger charge is 2.28. The fraction of sp³-hybridized carbons (Fsp3) is 0.400. The third-order valence-electron chi connectivity index (χ3n) is 7.29. The van der Waals surface area contributed by atoms with E-state index in [-0.39, 0.29) is 22.6 Å². The summed E-state index contributed by atoms with van der Waals surface area (Å²) in [5, 5.41) is 9.04. The quantitative estimate of drug-likeness (QED) is 0.245. The van der Waals surface area contributed by atoms with Crippen LogP contribution in [0, 0.1) is 11.7 Å². The second-order valence-electron chi connectivity index (χ2n) is 10.5. The Labute approximate surface area is 240 Å². The van der Waals surface area contributed by atoms with Gasteiger partial charge < -0.3 is 20.4 Å². The molecule has 0 aliphatic heterocycles. The van der Waals surface area contributed by atoms with Gasteiger partial charge in [-0.3, -0.25) is 9.59 Å². The number of nitrogens with one attached hydrogen (secondary N) is 4. The molecule has 2 aromatic carbocycles. The maximum absolute atomic E-state index is 13.6. The van der Waals surface area contributed by atoms with E-state index in [0.717, 1.165) is 25.7 Å². The van der Waals surface area contributed by atoms with Crippen LogP contribution in [0.1, 0.15) is 56.0 Å². The molecule has 0 spiro atoms. The third-order valence-corrected chi connectivity index (χ3v) is 8.72. The summed E-state index contributed by atoms with van der Waals surface area (Å²) in [5.41, 5.74) is 1.22. The van der Waals surface area contributed by atoms with Crippen LogP contribution in [0.25, 0.3) is 11.3 Å². The van der Waals surface area contributed by atoms with Gasteiger partial charge in [-0.1, -0.05) is 44.2 Å². The summed E-state index contributed by atoms with van der Waals surface area (Å²) in [6, 6.07) is 14.3. The van der Waals surface area contributed by atoms with Gasteiger partial charge in [0.15, 0.2) is 5.76 Å². The second kappa shape index (κ2) is 13.8. The normalized spacial score (nSPS) is 15.6. The standard InChI is InChI=1S/C30H37FN4O5S/c1-20(19-33-24-11-13-25(14-12-24)41(38,39)32-2)34-29(36)26(17-21-7-4-3-5-8-21)35-30(37)28-16-15-27(40-28)22-9-6-10-23(31)18-22/h6,9-16,18,20-21,26,32-33H,3-5,7-8,17,19H2,1-2H3,(H,34,36)(H,35,37)/t20-,26-/m0/s1. The van der Waals surface area contributed by atoms with Gasteiger partial charge in [0.25, 0.3) is 5.91 Å². The average Bonchev–Trinajstić information content (AvgIpc) is 3.47. The van der Waals surface area contributed by atoms with Crippen molar-refractivity contribution in [3.8, 4) is 11.3 Å². The lowest BCUT2D eigenvalue weighted by molar-refractivity contribution is -0.124. The Kier molecular flexibility index (Phi) is 10.2. The Morgan fingerprint density at radius 3 is 2.41 bits per heavy atom. The summed E-state index contributed by atoms with van der Waals surface area (Å²) >= 11 is 0. The zero-order valence-corrected chi connectivity index (χ0v) is 24.1. The first-order valence-corrected chi connectivity index (χ1v) is 15.4. The van der Waals surface area contributed by atoms with E-state index < -0.39 is 27.8 Å². The molecule has 1 aromatic heterocycles. The predicted octanol–water partition coefficient (Wildman–Crippen LogP) is 4.68. The molecule has 1 fully saturated rings. The molecule has 41 heavy (non-hydrogen) atoms. The maximum atomic E-state index is 13.6. The van der Waals surface area contributed by atoms with E-state index in [1.165, 1.54) is 43.8 Å². The van der Waals surface area contributed by atoms with Crippen molar-refractivity contribution >= 4 is 27.5 Å². The van der Waals surface area contributed by atoms with Gasteiger partial charge in [-0.25, -0.2) is 17.5 Å². The molecular weight excluding hydrogens is 547 g/mol. The number of anilines is 1. The van der Waals surface area contributed by atoms with E-state index in [4.69, 9.17) is 4.42 Å². The van der Waals surface area contributed by atoms with Gasteiger partial charge in [0, 0.05) is 23.8 Å². The van der Waals surface area contributed by atoms with Crippen LogP contribution in [-0.2, 0) is 14.8 Å². The lowest BCUT2D eigenvalue weighted by Gasteiger charge is -2.27. The number of hydrogen-bond acceptors (Lipinski definition) is 6. The molecule has 0 saturated heterocycles. The molecule has 1 aliphatic rings. The van der Waals surface area contributed by atoms with E-state index >= 15 is 0 Å². The lowest BCUT2D eigenvalue weighted by Crippen LogP contribution is -2.51. The number of benzene rings is 2. The van der Waals surface area contributed by atoms with Crippen molar-refractivity contribution in [1.82, 2.24) is 15.4 Å². The van der Waals surface area contributed by atoms with Crippen LogP contribution in [0.5, 0.6) is 0 Å². The summed E-state index contributed by atoms with van der Waals surface area (Å²) in [4.78, 5) is 26.6. The summed E-state index contributed by atoms with van der Waals surface area (Å²) in [5.74, 6) is -0.462. The minimum absolute atomic E-state index is 0.0455. The molecule has 3 aromatic rings. The first kappa shape index (κ1) is 30.3. The summed E-state index contributed by atoms with van der Waals surface area (Å²) in [6.45, 7) is 2.24. The second-order valence-corrected chi connectivity index (χ2v) is 12.3. The first-order chi connectivity index (χ1) is 19.6. The van der Waals surface area contributed by atoms with Crippen LogP contribution < -0.4 is 20.7 Å². The molecule has 2 amide bonds. The molecule has 9 nitrogen and oxygen atoms in total. The molecule has 220 valence electrons. The first-order valence-electron chi connectivity index (χ1n) is 13.9. The molecule has 0 unspecified atom stereocenters. The maximum Gasteiger partial charge on any atom is 0.287 e. The van der Waals surface area contributed by atoms with Gasteiger partial charge in [-0.2, -0.15) is 0 Å². The Bertz CT molecular complexity index is 1440. The topological polar surface area (TPSA) is 130 Å². The Hall–Kier alpha value is -3.70. The molecule has 1 heterocycles. The fourth-order valence-electron chi connectivity index (χ4n) is 5.01. The Morgan fingerprint density at radius 2 is 1.73 bits per heavy atom. The van der Waals surface area contributed by atoms with Crippen LogP contribution in [0.2, 0.25) is 0 Å². The van der Waals surface area contributed by atoms with E-state index in [9.17, 15) is 22.4 Å².